The summed E-state index contributed by atoms with van der Waals surface area (Å²) >= 11 is 5.89. The SMILES string of the molecule is COc1ccnc(C(=O)C[C@@H](C)C(=O)O[C@H](C(C)C)[C@H](C)Oc2cc(F)cc(Cl)c2)c1OCOC(C)=O. The molecule has 3 atom stereocenters. The molecule has 2 rings (SSSR count). The molecule has 0 radical (unpaired) electrons. The predicted molar refractivity (Wildman–Crippen MR) is 132 cm³/mol. The van der Waals surface area contributed by atoms with Crippen LogP contribution in [0, 0.1) is 17.7 Å². The summed E-state index contributed by atoms with van der Waals surface area (Å²) in [6.07, 6.45) is -0.196. The Labute approximate surface area is 220 Å². The second-order valence-corrected chi connectivity index (χ2v) is 9.13. The molecule has 1 aromatic heterocycles. The van der Waals surface area contributed by atoms with Gasteiger partial charge in [-0.05, 0) is 25.0 Å². The predicted octanol–water partition coefficient (Wildman–Crippen LogP) is 5.03. The zero-order chi connectivity index (χ0) is 27.7. The Morgan fingerprint density at radius 2 is 1.81 bits per heavy atom. The van der Waals surface area contributed by atoms with E-state index in [4.69, 9.17) is 35.3 Å². The van der Waals surface area contributed by atoms with Crippen LogP contribution in [-0.4, -0.2) is 48.8 Å². The highest BCUT2D eigenvalue weighted by Gasteiger charge is 2.31. The molecule has 11 heteroatoms. The Morgan fingerprint density at radius 1 is 1.11 bits per heavy atom. The van der Waals surface area contributed by atoms with Crippen molar-refractivity contribution < 1.29 is 42.5 Å². The van der Waals surface area contributed by atoms with Crippen molar-refractivity contribution in [3.05, 3.63) is 47.0 Å². The molecule has 0 fully saturated rings. The van der Waals surface area contributed by atoms with Crippen molar-refractivity contribution in [1.82, 2.24) is 4.98 Å². The first-order chi connectivity index (χ1) is 17.4. The number of nitrogens with zero attached hydrogens (tertiary/aromatic N) is 1. The zero-order valence-corrected chi connectivity index (χ0v) is 22.3. The third kappa shape index (κ3) is 8.89. The maximum Gasteiger partial charge on any atom is 0.309 e. The van der Waals surface area contributed by atoms with Crippen molar-refractivity contribution in [3.8, 4) is 17.2 Å². The average Bonchev–Trinajstić information content (AvgIpc) is 2.80. The molecule has 0 saturated carbocycles. The molecule has 0 saturated heterocycles. The van der Waals surface area contributed by atoms with E-state index in [1.807, 2.05) is 13.8 Å². The van der Waals surface area contributed by atoms with E-state index >= 15 is 0 Å². The van der Waals surface area contributed by atoms with Gasteiger partial charge in [0.15, 0.2) is 23.0 Å². The molecule has 202 valence electrons. The quantitative estimate of drug-likeness (QED) is 0.197. The lowest BCUT2D eigenvalue weighted by atomic mass is 10.00. The molecule has 0 amide bonds. The standard InChI is InChI=1S/C26H31ClFNO8/c1-14(2)24(16(4)36-20-11-18(27)10-19(28)12-20)37-26(32)15(3)9-21(31)23-25(35-13-34-17(5)30)22(33-6)7-8-29-23/h7-8,10-12,14-16,24H,9,13H2,1-6H3/t15-,16+,24-/m1/s1. The van der Waals surface area contributed by atoms with Crippen LogP contribution in [0.25, 0.3) is 0 Å². The molecule has 0 spiro atoms. The Morgan fingerprint density at radius 3 is 2.41 bits per heavy atom. The molecule has 0 bridgehead atoms. The summed E-state index contributed by atoms with van der Waals surface area (Å²) in [4.78, 5) is 41.0. The highest BCUT2D eigenvalue weighted by Crippen LogP contribution is 2.31. The number of carbonyl (C=O) groups excluding carboxylic acids is 3. The Bertz CT molecular complexity index is 1090. The maximum atomic E-state index is 13.7. The molecule has 2 aromatic rings. The Hall–Kier alpha value is -3.40. The lowest BCUT2D eigenvalue weighted by Gasteiger charge is -2.29. The normalized spacial score (nSPS) is 13.3. The van der Waals surface area contributed by atoms with E-state index in [0.717, 1.165) is 6.07 Å². The summed E-state index contributed by atoms with van der Waals surface area (Å²) in [6, 6.07) is 5.29. The van der Waals surface area contributed by atoms with Crippen LogP contribution < -0.4 is 14.2 Å². The van der Waals surface area contributed by atoms with Crippen LogP contribution in [0.1, 0.15) is 51.5 Å². The first-order valence-electron chi connectivity index (χ1n) is 11.6. The van der Waals surface area contributed by atoms with Crippen molar-refractivity contribution in [2.75, 3.05) is 13.9 Å². The first kappa shape index (κ1) is 29.8. The molecule has 1 aromatic carbocycles. The molecule has 37 heavy (non-hydrogen) atoms. The molecule has 0 aliphatic carbocycles. The van der Waals surface area contributed by atoms with Gasteiger partial charge < -0.3 is 23.7 Å². The summed E-state index contributed by atoms with van der Waals surface area (Å²) in [5, 5.41) is 0.176. The minimum atomic E-state index is -0.834. The monoisotopic (exact) mass is 539 g/mol. The summed E-state index contributed by atoms with van der Waals surface area (Å²) < 4.78 is 40.6. The molecule has 0 unspecified atom stereocenters. The van der Waals surface area contributed by atoms with Crippen molar-refractivity contribution in [2.45, 2.75) is 53.2 Å². The largest absolute Gasteiger partial charge is 0.493 e. The van der Waals surface area contributed by atoms with E-state index < -0.39 is 48.5 Å². The molecule has 9 nitrogen and oxygen atoms in total. The van der Waals surface area contributed by atoms with Crippen LogP contribution in [0.2, 0.25) is 5.02 Å². The smallest absolute Gasteiger partial charge is 0.309 e. The number of benzene rings is 1. The number of ether oxygens (including phenoxy) is 5. The van der Waals surface area contributed by atoms with Gasteiger partial charge in [-0.3, -0.25) is 14.4 Å². The van der Waals surface area contributed by atoms with Gasteiger partial charge in [-0.15, -0.1) is 0 Å². The van der Waals surface area contributed by atoms with Crippen LogP contribution in [0.5, 0.6) is 17.2 Å². The third-order valence-electron chi connectivity index (χ3n) is 5.24. The van der Waals surface area contributed by atoms with E-state index in [0.29, 0.717) is 0 Å². The number of hydrogen-bond donors (Lipinski definition) is 0. The average molecular weight is 540 g/mol. The van der Waals surface area contributed by atoms with Gasteiger partial charge in [0.25, 0.3) is 0 Å². The second-order valence-electron chi connectivity index (χ2n) is 8.69. The molecule has 0 aliphatic heterocycles. The molecule has 1 heterocycles. The van der Waals surface area contributed by atoms with Gasteiger partial charge in [-0.1, -0.05) is 32.4 Å². The number of methoxy groups -OCH3 is 1. The molecular formula is C26H31ClFNO8. The van der Waals surface area contributed by atoms with E-state index in [2.05, 4.69) is 4.98 Å². The van der Waals surface area contributed by atoms with E-state index in [-0.39, 0.29) is 40.3 Å². The lowest BCUT2D eigenvalue weighted by molar-refractivity contribution is -0.161. The van der Waals surface area contributed by atoms with Gasteiger partial charge in [0.1, 0.15) is 23.8 Å². The lowest BCUT2D eigenvalue weighted by Crippen LogP contribution is -2.39. The maximum absolute atomic E-state index is 13.7. The van der Waals surface area contributed by atoms with E-state index in [1.165, 1.54) is 38.4 Å². The van der Waals surface area contributed by atoms with Crippen LogP contribution in [-0.2, 0) is 19.1 Å². The molecule has 0 aliphatic rings. The fourth-order valence-electron chi connectivity index (χ4n) is 3.46. The minimum Gasteiger partial charge on any atom is -0.493 e. The van der Waals surface area contributed by atoms with E-state index in [1.54, 1.807) is 13.8 Å². The molecule has 0 N–H and O–H groups in total. The van der Waals surface area contributed by atoms with Crippen LogP contribution in [0.3, 0.4) is 0 Å². The number of halogens is 2. The van der Waals surface area contributed by atoms with Crippen molar-refractivity contribution >= 4 is 29.3 Å². The van der Waals surface area contributed by atoms with Crippen LogP contribution in [0.15, 0.2) is 30.5 Å². The fourth-order valence-corrected chi connectivity index (χ4v) is 3.67. The van der Waals surface area contributed by atoms with Crippen molar-refractivity contribution in [1.29, 1.82) is 0 Å². The van der Waals surface area contributed by atoms with Gasteiger partial charge in [0, 0.05) is 36.7 Å². The number of pyridine rings is 1. The third-order valence-corrected chi connectivity index (χ3v) is 5.46. The minimum absolute atomic E-state index is 0.00680. The van der Waals surface area contributed by atoms with E-state index in [9.17, 15) is 18.8 Å². The highest BCUT2D eigenvalue weighted by molar-refractivity contribution is 6.30. The van der Waals surface area contributed by atoms with Crippen molar-refractivity contribution in [2.24, 2.45) is 11.8 Å². The van der Waals surface area contributed by atoms with Gasteiger partial charge >= 0.3 is 11.9 Å². The summed E-state index contributed by atoms with van der Waals surface area (Å²) in [5.41, 5.74) is -0.0776. The summed E-state index contributed by atoms with van der Waals surface area (Å²) in [5.74, 6) is -2.81. The summed E-state index contributed by atoms with van der Waals surface area (Å²) in [6.45, 7) is 7.71. The van der Waals surface area contributed by atoms with Crippen molar-refractivity contribution in [3.63, 3.8) is 0 Å². The second kappa shape index (κ2) is 13.8. The fraction of sp³-hybridized carbons (Fsp3) is 0.462. The van der Waals surface area contributed by atoms with Crippen LogP contribution in [0.4, 0.5) is 4.39 Å². The van der Waals surface area contributed by atoms with Gasteiger partial charge in [-0.25, -0.2) is 9.37 Å². The topological polar surface area (TPSA) is 110 Å². The number of rotatable bonds is 13. The number of ketones is 1. The van der Waals surface area contributed by atoms with Gasteiger partial charge in [0.2, 0.25) is 6.79 Å². The summed E-state index contributed by atoms with van der Waals surface area (Å²) in [7, 11) is 1.38. The molecular weight excluding hydrogens is 509 g/mol. The number of aromatic nitrogens is 1. The zero-order valence-electron chi connectivity index (χ0n) is 21.6. The number of esters is 2. The highest BCUT2D eigenvalue weighted by atomic mass is 35.5. The number of Topliss-reactive ketones (excluding diaryl/α,β-unsaturated/α-hetero) is 1. The van der Waals surface area contributed by atoms with Crippen LogP contribution >= 0.6 is 11.6 Å². The first-order valence-corrected chi connectivity index (χ1v) is 12.0. The number of carbonyl (C=O) groups is 3. The van der Waals surface area contributed by atoms with Gasteiger partial charge in [-0.2, -0.15) is 0 Å². The Kier molecular flexibility index (Phi) is 11.1. The Balaban J connectivity index is 2.10. The van der Waals surface area contributed by atoms with Gasteiger partial charge in [0.05, 0.1) is 13.0 Å². The number of hydrogen-bond acceptors (Lipinski definition) is 9.